The number of aryl methyl sites for hydroxylation is 2. The third-order valence-electron chi connectivity index (χ3n) is 4.29. The van der Waals surface area contributed by atoms with Crippen molar-refractivity contribution in [3.8, 4) is 11.5 Å². The van der Waals surface area contributed by atoms with Gasteiger partial charge in [-0.15, -0.1) is 0 Å². The highest BCUT2D eigenvalue weighted by molar-refractivity contribution is 5.88. The van der Waals surface area contributed by atoms with Gasteiger partial charge in [-0.25, -0.2) is 4.79 Å². The highest BCUT2D eigenvalue weighted by atomic mass is 16.5. The van der Waals surface area contributed by atoms with Gasteiger partial charge in [0.05, 0.1) is 0 Å². The van der Waals surface area contributed by atoms with Crippen molar-refractivity contribution in [3.05, 3.63) is 70.8 Å². The molecule has 146 valence electrons. The molecular formula is C24H32O3. The molecule has 0 unspecified atom stereocenters. The Balaban J connectivity index is 0.000000277. The van der Waals surface area contributed by atoms with E-state index in [-0.39, 0.29) is 5.97 Å². The summed E-state index contributed by atoms with van der Waals surface area (Å²) in [5, 5.41) is 9.51. The average molecular weight is 369 g/mol. The van der Waals surface area contributed by atoms with Crippen molar-refractivity contribution in [1.29, 1.82) is 0 Å². The molecule has 0 radical (unpaired) electrons. The van der Waals surface area contributed by atoms with Crippen molar-refractivity contribution in [2.24, 2.45) is 0 Å². The lowest BCUT2D eigenvalue weighted by Crippen LogP contribution is -2.08. The van der Waals surface area contributed by atoms with E-state index in [1.807, 2.05) is 38.1 Å². The molecule has 0 atom stereocenters. The number of phenolic OH excluding ortho intramolecular Hbond substituents is 1. The van der Waals surface area contributed by atoms with Crippen molar-refractivity contribution in [2.75, 3.05) is 0 Å². The molecule has 0 spiro atoms. The Labute approximate surface area is 163 Å². The zero-order valence-electron chi connectivity index (χ0n) is 17.6. The van der Waals surface area contributed by atoms with Crippen molar-refractivity contribution in [2.45, 2.75) is 60.3 Å². The van der Waals surface area contributed by atoms with Crippen LogP contribution < -0.4 is 4.74 Å². The van der Waals surface area contributed by atoms with E-state index < -0.39 is 0 Å². The van der Waals surface area contributed by atoms with Crippen LogP contribution in [-0.4, -0.2) is 11.1 Å². The summed E-state index contributed by atoms with van der Waals surface area (Å²) in [6.07, 6.45) is 0. The minimum atomic E-state index is -0.382. The highest BCUT2D eigenvalue weighted by Gasteiger charge is 2.06. The topological polar surface area (TPSA) is 46.5 Å². The molecule has 0 amide bonds. The molecule has 1 N–H and O–H groups in total. The number of ether oxygens (including phenoxy) is 1. The maximum Gasteiger partial charge on any atom is 0.338 e. The first-order valence-electron chi connectivity index (χ1n) is 9.30. The van der Waals surface area contributed by atoms with Gasteiger partial charge in [-0.3, -0.25) is 0 Å². The van der Waals surface area contributed by atoms with Crippen LogP contribution >= 0.6 is 0 Å². The lowest BCUT2D eigenvalue weighted by atomic mass is 9.98. The van der Waals surface area contributed by atoms with Crippen LogP contribution in [0.5, 0.6) is 11.5 Å². The van der Waals surface area contributed by atoms with Gasteiger partial charge in [0, 0.05) is 5.57 Å². The van der Waals surface area contributed by atoms with Crippen molar-refractivity contribution in [1.82, 2.24) is 0 Å². The van der Waals surface area contributed by atoms with Gasteiger partial charge in [0.1, 0.15) is 11.5 Å². The van der Waals surface area contributed by atoms with Crippen molar-refractivity contribution < 1.29 is 14.6 Å². The lowest BCUT2D eigenvalue weighted by Gasteiger charge is -2.10. The highest BCUT2D eigenvalue weighted by Crippen LogP contribution is 2.26. The molecule has 0 aliphatic rings. The fraction of sp³-hybridized carbons (Fsp3) is 0.375. The summed E-state index contributed by atoms with van der Waals surface area (Å²) in [4.78, 5) is 11.2. The minimum absolute atomic E-state index is 0.382. The molecule has 0 heterocycles. The van der Waals surface area contributed by atoms with Crippen LogP contribution in [0, 0.1) is 13.8 Å². The first-order chi connectivity index (χ1) is 12.5. The number of carbonyl (C=O) groups excluding carboxylic acids is 1. The summed E-state index contributed by atoms with van der Waals surface area (Å²) in [5.41, 5.74) is 4.87. The molecular weight excluding hydrogens is 336 g/mol. The van der Waals surface area contributed by atoms with Crippen LogP contribution in [0.25, 0.3) is 0 Å². The molecule has 2 aromatic carbocycles. The van der Waals surface area contributed by atoms with E-state index in [2.05, 4.69) is 34.3 Å². The normalized spacial score (nSPS) is 10.4. The van der Waals surface area contributed by atoms with Gasteiger partial charge >= 0.3 is 5.97 Å². The molecule has 0 bridgehead atoms. The van der Waals surface area contributed by atoms with Crippen LogP contribution in [0.1, 0.15) is 68.7 Å². The summed E-state index contributed by atoms with van der Waals surface area (Å²) in [6.45, 7) is 17.6. The Kier molecular flexibility index (Phi) is 8.30. The molecule has 0 saturated carbocycles. The number of hydrogen-bond donors (Lipinski definition) is 1. The number of carbonyl (C=O) groups is 1. The standard InChI is InChI=1S/C13H16O2.C11H16O/c1-9(2)11-5-7-12(8-6-11)15-13(14)10(3)4;1-7(2)10-5-8(3)11(12)9(4)6-10/h5-9H,3H2,1-2,4H3;5-7,12H,1-4H3. The van der Waals surface area contributed by atoms with E-state index in [1.54, 1.807) is 19.1 Å². The third kappa shape index (κ3) is 6.93. The van der Waals surface area contributed by atoms with E-state index in [1.165, 1.54) is 11.1 Å². The molecule has 0 saturated heterocycles. The van der Waals surface area contributed by atoms with Gasteiger partial charge in [0.15, 0.2) is 0 Å². The van der Waals surface area contributed by atoms with Gasteiger partial charge in [-0.1, -0.05) is 58.5 Å². The quantitative estimate of drug-likeness (QED) is 0.384. The van der Waals surface area contributed by atoms with Crippen LogP contribution in [0.15, 0.2) is 48.6 Å². The minimum Gasteiger partial charge on any atom is -0.507 e. The summed E-state index contributed by atoms with van der Waals surface area (Å²) in [7, 11) is 0. The predicted molar refractivity (Wildman–Crippen MR) is 113 cm³/mol. The summed E-state index contributed by atoms with van der Waals surface area (Å²) in [6, 6.07) is 11.6. The predicted octanol–water partition coefficient (Wildman–Crippen LogP) is 6.42. The third-order valence-corrected chi connectivity index (χ3v) is 4.29. The van der Waals surface area contributed by atoms with Crippen LogP contribution in [0.4, 0.5) is 0 Å². The molecule has 3 heteroatoms. The number of esters is 1. The number of aromatic hydroxyl groups is 1. The summed E-state index contributed by atoms with van der Waals surface area (Å²) >= 11 is 0. The molecule has 0 aromatic heterocycles. The zero-order valence-corrected chi connectivity index (χ0v) is 17.6. The molecule has 2 aromatic rings. The van der Waals surface area contributed by atoms with E-state index in [0.717, 1.165) is 11.1 Å². The smallest absolute Gasteiger partial charge is 0.338 e. The van der Waals surface area contributed by atoms with Crippen molar-refractivity contribution in [3.63, 3.8) is 0 Å². The molecule has 0 fully saturated rings. The maximum atomic E-state index is 11.2. The van der Waals surface area contributed by atoms with E-state index in [4.69, 9.17) is 4.74 Å². The first kappa shape index (κ1) is 22.5. The second-order valence-electron chi connectivity index (χ2n) is 7.55. The molecule has 27 heavy (non-hydrogen) atoms. The summed E-state index contributed by atoms with van der Waals surface area (Å²) < 4.78 is 5.07. The number of phenols is 1. The maximum absolute atomic E-state index is 11.2. The second kappa shape index (κ2) is 9.96. The van der Waals surface area contributed by atoms with Crippen LogP contribution in [-0.2, 0) is 4.79 Å². The zero-order chi connectivity index (χ0) is 20.7. The molecule has 0 aliphatic heterocycles. The van der Waals surface area contributed by atoms with E-state index >= 15 is 0 Å². The van der Waals surface area contributed by atoms with Crippen LogP contribution in [0.2, 0.25) is 0 Å². The van der Waals surface area contributed by atoms with Gasteiger partial charge < -0.3 is 9.84 Å². The largest absolute Gasteiger partial charge is 0.507 e. The Morgan fingerprint density at radius 1 is 0.926 bits per heavy atom. The molecule has 3 nitrogen and oxygen atoms in total. The molecule has 2 rings (SSSR count). The SMILES string of the molecule is C=C(C)C(=O)Oc1ccc(C(C)C)cc1.Cc1cc(C(C)C)cc(C)c1O. The lowest BCUT2D eigenvalue weighted by molar-refractivity contribution is -0.130. The number of benzene rings is 2. The van der Waals surface area contributed by atoms with Gasteiger partial charge in [0.25, 0.3) is 0 Å². The Hall–Kier alpha value is -2.55. The Bertz CT molecular complexity index is 761. The fourth-order valence-corrected chi connectivity index (χ4v) is 2.44. The van der Waals surface area contributed by atoms with E-state index in [9.17, 15) is 9.90 Å². The second-order valence-corrected chi connectivity index (χ2v) is 7.55. The van der Waals surface area contributed by atoms with Gasteiger partial charge in [-0.2, -0.15) is 0 Å². The number of hydrogen-bond acceptors (Lipinski definition) is 3. The average Bonchev–Trinajstić information content (AvgIpc) is 2.60. The Morgan fingerprint density at radius 3 is 1.74 bits per heavy atom. The Morgan fingerprint density at radius 2 is 1.37 bits per heavy atom. The molecule has 0 aliphatic carbocycles. The number of rotatable bonds is 4. The van der Waals surface area contributed by atoms with E-state index in [0.29, 0.717) is 28.9 Å². The van der Waals surface area contributed by atoms with Gasteiger partial charge in [-0.05, 0) is 67.0 Å². The van der Waals surface area contributed by atoms with Crippen LogP contribution in [0.3, 0.4) is 0 Å². The summed E-state index contributed by atoms with van der Waals surface area (Å²) in [5.74, 6) is 1.62. The monoisotopic (exact) mass is 368 g/mol. The fourth-order valence-electron chi connectivity index (χ4n) is 2.44. The van der Waals surface area contributed by atoms with Gasteiger partial charge in [0.2, 0.25) is 0 Å². The first-order valence-corrected chi connectivity index (χ1v) is 9.30. The van der Waals surface area contributed by atoms with Crippen molar-refractivity contribution >= 4 is 5.97 Å².